The van der Waals surface area contributed by atoms with Crippen molar-refractivity contribution in [1.82, 2.24) is 14.9 Å². The lowest BCUT2D eigenvalue weighted by molar-refractivity contribution is 0.335. The summed E-state index contributed by atoms with van der Waals surface area (Å²) in [6, 6.07) is 8.04. The highest BCUT2D eigenvalue weighted by molar-refractivity contribution is 6.29. The molecule has 0 aliphatic rings. The van der Waals surface area contributed by atoms with Crippen molar-refractivity contribution >= 4 is 22.6 Å². The van der Waals surface area contributed by atoms with Crippen LogP contribution in [0.1, 0.15) is 44.4 Å². The molecule has 128 valence electrons. The number of fused-ring (bicyclic) bond motifs is 1. The van der Waals surface area contributed by atoms with Gasteiger partial charge < -0.3 is 13.7 Å². The third-order valence-electron chi connectivity index (χ3n) is 4.11. The number of nitrogens with zero attached hydrogens (tertiary/aromatic N) is 2. The van der Waals surface area contributed by atoms with Crippen molar-refractivity contribution in [3.63, 3.8) is 0 Å². The van der Waals surface area contributed by atoms with Crippen LogP contribution >= 0.6 is 11.6 Å². The van der Waals surface area contributed by atoms with E-state index in [0.717, 1.165) is 28.3 Å². The van der Waals surface area contributed by atoms with Crippen molar-refractivity contribution in [2.24, 2.45) is 7.05 Å². The van der Waals surface area contributed by atoms with Crippen molar-refractivity contribution in [3.8, 4) is 5.75 Å². The summed E-state index contributed by atoms with van der Waals surface area (Å²) in [6.45, 7) is 6.70. The van der Waals surface area contributed by atoms with Gasteiger partial charge in [0.15, 0.2) is 11.3 Å². The van der Waals surface area contributed by atoms with Gasteiger partial charge in [0.05, 0.1) is 24.9 Å². The molecule has 2 unspecified atom stereocenters. The molecule has 1 aromatic carbocycles. The predicted octanol–water partition coefficient (Wildman–Crippen LogP) is 4.63. The lowest BCUT2D eigenvalue weighted by atomic mass is 10.2. The van der Waals surface area contributed by atoms with E-state index in [4.69, 9.17) is 20.8 Å². The van der Waals surface area contributed by atoms with Crippen molar-refractivity contribution in [3.05, 3.63) is 47.2 Å². The van der Waals surface area contributed by atoms with Crippen LogP contribution in [0.5, 0.6) is 5.75 Å². The number of halogens is 1. The van der Waals surface area contributed by atoms with E-state index in [1.54, 1.807) is 6.20 Å². The molecule has 0 bridgehead atoms. The van der Waals surface area contributed by atoms with Crippen LogP contribution in [0.15, 0.2) is 34.9 Å². The molecule has 6 heteroatoms. The molecule has 2 atom stereocenters. The number of imidazole rings is 1. The smallest absolute Gasteiger partial charge is 0.176 e. The summed E-state index contributed by atoms with van der Waals surface area (Å²) in [4.78, 5) is 4.36. The minimum Gasteiger partial charge on any atom is -0.490 e. The Morgan fingerprint density at radius 2 is 2.12 bits per heavy atom. The van der Waals surface area contributed by atoms with Crippen molar-refractivity contribution in [1.29, 1.82) is 0 Å². The number of aromatic nitrogens is 2. The lowest BCUT2D eigenvalue weighted by Crippen LogP contribution is -2.24. The number of benzene rings is 1. The summed E-state index contributed by atoms with van der Waals surface area (Å²) in [5, 5.41) is 5.16. The molecule has 24 heavy (non-hydrogen) atoms. The van der Waals surface area contributed by atoms with E-state index in [0.29, 0.717) is 11.8 Å². The molecular weight excluding hydrogens is 326 g/mol. The van der Waals surface area contributed by atoms with Gasteiger partial charge in [-0.25, -0.2) is 4.98 Å². The zero-order chi connectivity index (χ0) is 17.3. The summed E-state index contributed by atoms with van der Waals surface area (Å²) < 4.78 is 13.6. The maximum Gasteiger partial charge on any atom is 0.176 e. The van der Waals surface area contributed by atoms with Crippen LogP contribution in [0, 0.1) is 0 Å². The molecule has 2 aromatic heterocycles. The highest BCUT2D eigenvalue weighted by Crippen LogP contribution is 2.32. The van der Waals surface area contributed by atoms with Crippen molar-refractivity contribution < 1.29 is 9.15 Å². The quantitative estimate of drug-likeness (QED) is 0.706. The molecule has 5 nitrogen and oxygen atoms in total. The summed E-state index contributed by atoms with van der Waals surface area (Å²) in [5.41, 5.74) is 0.788. The molecule has 1 N–H and O–H groups in total. The van der Waals surface area contributed by atoms with E-state index in [1.165, 1.54) is 0 Å². The summed E-state index contributed by atoms with van der Waals surface area (Å²) in [7, 11) is 1.91. The van der Waals surface area contributed by atoms with Crippen molar-refractivity contribution in [2.45, 2.75) is 32.9 Å². The summed E-state index contributed by atoms with van der Waals surface area (Å²) in [5.74, 6) is 2.53. The number of ether oxygens (including phenoxy) is 1. The Morgan fingerprint density at radius 1 is 1.33 bits per heavy atom. The SMILES string of the molecule is CCOc1cccc2cc(C(C)NC(C)c3ncc(Cl)n3C)oc12. The fraction of sp³-hybridized carbons (Fsp3) is 0.389. The first-order valence-corrected chi connectivity index (χ1v) is 8.47. The van der Waals surface area contributed by atoms with Gasteiger partial charge in [0.1, 0.15) is 16.7 Å². The van der Waals surface area contributed by atoms with E-state index < -0.39 is 0 Å². The second-order valence-corrected chi connectivity index (χ2v) is 6.25. The van der Waals surface area contributed by atoms with Crippen molar-refractivity contribution in [2.75, 3.05) is 6.61 Å². The Labute approximate surface area is 146 Å². The fourth-order valence-electron chi connectivity index (χ4n) is 2.87. The zero-order valence-corrected chi connectivity index (χ0v) is 15.1. The van der Waals surface area contributed by atoms with Gasteiger partial charge in [0.2, 0.25) is 0 Å². The number of nitrogens with one attached hydrogen (secondary N) is 1. The first kappa shape index (κ1) is 16.9. The molecule has 3 rings (SSSR count). The van der Waals surface area contributed by atoms with E-state index in [2.05, 4.69) is 24.1 Å². The normalized spacial score (nSPS) is 14.0. The molecule has 0 saturated heterocycles. The van der Waals surface area contributed by atoms with E-state index >= 15 is 0 Å². The average Bonchev–Trinajstić information content (AvgIpc) is 3.13. The van der Waals surface area contributed by atoms with Crippen LogP contribution in [0.2, 0.25) is 5.15 Å². The fourth-order valence-corrected chi connectivity index (χ4v) is 3.01. The minimum atomic E-state index is 0.0253. The molecule has 2 heterocycles. The highest BCUT2D eigenvalue weighted by Gasteiger charge is 2.19. The van der Waals surface area contributed by atoms with Gasteiger partial charge >= 0.3 is 0 Å². The zero-order valence-electron chi connectivity index (χ0n) is 14.3. The minimum absolute atomic E-state index is 0.0253. The predicted molar refractivity (Wildman–Crippen MR) is 95.6 cm³/mol. The monoisotopic (exact) mass is 347 g/mol. The Kier molecular flexibility index (Phi) is 4.83. The second-order valence-electron chi connectivity index (χ2n) is 5.86. The molecule has 0 amide bonds. The molecule has 3 aromatic rings. The van der Waals surface area contributed by atoms with Gasteiger partial charge in [-0.15, -0.1) is 0 Å². The second kappa shape index (κ2) is 6.87. The van der Waals surface area contributed by atoms with E-state index in [9.17, 15) is 0 Å². The van der Waals surface area contributed by atoms with Crippen LogP contribution in [-0.4, -0.2) is 16.2 Å². The Balaban J connectivity index is 1.82. The lowest BCUT2D eigenvalue weighted by Gasteiger charge is -2.18. The molecule has 0 spiro atoms. The maximum absolute atomic E-state index is 6.07. The largest absolute Gasteiger partial charge is 0.490 e. The van der Waals surface area contributed by atoms with Gasteiger partial charge in [0, 0.05) is 12.4 Å². The molecule has 0 aliphatic carbocycles. The topological polar surface area (TPSA) is 52.2 Å². The molecular formula is C18H22ClN3O2. The number of furan rings is 1. The van der Waals surface area contributed by atoms with Crippen LogP contribution in [0.25, 0.3) is 11.0 Å². The first-order chi connectivity index (χ1) is 11.5. The average molecular weight is 348 g/mol. The Bertz CT molecular complexity index is 840. The first-order valence-electron chi connectivity index (χ1n) is 8.09. The van der Waals surface area contributed by atoms with Gasteiger partial charge in [-0.05, 0) is 32.9 Å². The number of para-hydroxylation sites is 1. The third-order valence-corrected chi connectivity index (χ3v) is 4.46. The van der Waals surface area contributed by atoms with E-state index in [-0.39, 0.29) is 12.1 Å². The van der Waals surface area contributed by atoms with Gasteiger partial charge in [0.25, 0.3) is 0 Å². The summed E-state index contributed by atoms with van der Waals surface area (Å²) >= 11 is 6.07. The van der Waals surface area contributed by atoms with Crippen LogP contribution in [-0.2, 0) is 7.05 Å². The summed E-state index contributed by atoms with van der Waals surface area (Å²) in [6.07, 6.45) is 1.66. The van der Waals surface area contributed by atoms with Gasteiger partial charge in [-0.3, -0.25) is 5.32 Å². The molecule has 0 saturated carbocycles. The van der Waals surface area contributed by atoms with E-state index in [1.807, 2.05) is 42.8 Å². The maximum atomic E-state index is 6.07. The Hall–Kier alpha value is -1.98. The molecule has 0 radical (unpaired) electrons. The van der Waals surface area contributed by atoms with Gasteiger partial charge in [-0.2, -0.15) is 0 Å². The molecule has 0 aliphatic heterocycles. The Morgan fingerprint density at radius 3 is 2.79 bits per heavy atom. The number of hydrogen-bond donors (Lipinski definition) is 1. The highest BCUT2D eigenvalue weighted by atomic mass is 35.5. The number of rotatable bonds is 6. The third kappa shape index (κ3) is 3.14. The van der Waals surface area contributed by atoms with Gasteiger partial charge in [-0.1, -0.05) is 23.7 Å². The standard InChI is InChI=1S/C18H22ClN3O2/c1-5-23-14-8-6-7-13-9-15(24-17(13)14)11(2)21-12(3)18-20-10-16(19)22(18)4/h6-12,21H,5H2,1-4H3. The van der Waals surface area contributed by atoms with Crippen LogP contribution in [0.3, 0.4) is 0 Å². The van der Waals surface area contributed by atoms with Crippen LogP contribution < -0.4 is 10.1 Å². The van der Waals surface area contributed by atoms with Crippen LogP contribution in [0.4, 0.5) is 0 Å². The number of hydrogen-bond acceptors (Lipinski definition) is 4. The molecule has 0 fully saturated rings.